The number of hydrogen-bond acceptors (Lipinski definition) is 5. The summed E-state index contributed by atoms with van der Waals surface area (Å²) in [5, 5.41) is 6.39. The molecule has 6 nitrogen and oxygen atoms in total. The Morgan fingerprint density at radius 2 is 2.40 bits per heavy atom. The molecule has 0 saturated carbocycles. The maximum atomic E-state index is 11.3. The van der Waals surface area contributed by atoms with Crippen molar-refractivity contribution >= 4 is 23.3 Å². The van der Waals surface area contributed by atoms with Gasteiger partial charge in [0.15, 0.2) is 0 Å². The van der Waals surface area contributed by atoms with Crippen LogP contribution in [0.2, 0.25) is 5.02 Å². The molecule has 7 heteroatoms. The predicted octanol–water partition coefficient (Wildman–Crippen LogP) is 0.0186. The maximum absolute atomic E-state index is 11.3. The van der Waals surface area contributed by atoms with Crippen LogP contribution in [0.25, 0.3) is 0 Å². The first-order chi connectivity index (χ1) is 7.06. The highest BCUT2D eigenvalue weighted by atomic mass is 35.5. The van der Waals surface area contributed by atoms with Crippen molar-refractivity contribution in [3.63, 3.8) is 0 Å². The van der Waals surface area contributed by atoms with E-state index in [4.69, 9.17) is 11.6 Å². The lowest BCUT2D eigenvalue weighted by atomic mass is 10.4. The van der Waals surface area contributed by atoms with Gasteiger partial charge in [-0.1, -0.05) is 11.6 Å². The molecular weight excluding hydrogens is 222 g/mol. The number of anilines is 1. The van der Waals surface area contributed by atoms with Gasteiger partial charge in [0.05, 0.1) is 19.0 Å². The molecular formula is C8H10ClN3O3. The molecule has 0 amide bonds. The number of hydrogen-bond donors (Lipinski definition) is 1. The van der Waals surface area contributed by atoms with Gasteiger partial charge in [0, 0.05) is 7.05 Å². The fraction of sp³-hybridized carbons (Fsp3) is 0.375. The largest absolute Gasteiger partial charge is 0.468 e. The fourth-order valence-corrected chi connectivity index (χ4v) is 1.11. The molecule has 0 aliphatic carbocycles. The van der Waals surface area contributed by atoms with E-state index < -0.39 is 11.5 Å². The minimum absolute atomic E-state index is 0.00333. The van der Waals surface area contributed by atoms with E-state index in [0.29, 0.717) is 5.69 Å². The van der Waals surface area contributed by atoms with Crippen LogP contribution >= 0.6 is 11.6 Å². The highest BCUT2D eigenvalue weighted by Gasteiger charge is 2.08. The Morgan fingerprint density at radius 3 is 3.00 bits per heavy atom. The van der Waals surface area contributed by atoms with Gasteiger partial charge >= 0.3 is 5.97 Å². The number of nitrogens with zero attached hydrogens (tertiary/aromatic N) is 2. The summed E-state index contributed by atoms with van der Waals surface area (Å²) >= 11 is 5.74. The Balaban J connectivity index is 2.83. The molecule has 82 valence electrons. The molecule has 0 spiro atoms. The summed E-state index contributed by atoms with van der Waals surface area (Å²) in [5.74, 6) is -0.452. The van der Waals surface area contributed by atoms with Gasteiger partial charge in [0.2, 0.25) is 0 Å². The molecule has 1 aromatic rings. The minimum atomic E-state index is -0.452. The Morgan fingerprint density at radius 1 is 1.73 bits per heavy atom. The van der Waals surface area contributed by atoms with E-state index in [0.717, 1.165) is 4.68 Å². The second kappa shape index (κ2) is 4.79. The zero-order chi connectivity index (χ0) is 11.4. The molecule has 0 aromatic carbocycles. The van der Waals surface area contributed by atoms with Crippen LogP contribution in [0.5, 0.6) is 0 Å². The standard InChI is InChI=1S/C8H10ClN3O3/c1-12-8(14)7(9)5(3-11-12)10-4-6(13)15-2/h3,10H,4H2,1-2H3. The van der Waals surface area contributed by atoms with E-state index in [-0.39, 0.29) is 11.6 Å². The Bertz CT molecular complexity index is 430. The van der Waals surface area contributed by atoms with Gasteiger partial charge < -0.3 is 10.1 Å². The molecule has 0 saturated heterocycles. The summed E-state index contributed by atoms with van der Waals surface area (Å²) in [6, 6.07) is 0. The van der Waals surface area contributed by atoms with E-state index >= 15 is 0 Å². The van der Waals surface area contributed by atoms with Crippen molar-refractivity contribution < 1.29 is 9.53 Å². The van der Waals surface area contributed by atoms with Gasteiger partial charge in [-0.15, -0.1) is 0 Å². The van der Waals surface area contributed by atoms with Crippen molar-refractivity contribution in [2.45, 2.75) is 0 Å². The van der Waals surface area contributed by atoms with Gasteiger partial charge in [-0.25, -0.2) is 4.68 Å². The summed E-state index contributed by atoms with van der Waals surface area (Å²) < 4.78 is 5.52. The number of carbonyl (C=O) groups is 1. The van der Waals surface area contributed by atoms with Crippen LogP contribution in [0, 0.1) is 0 Å². The molecule has 0 bridgehead atoms. The smallest absolute Gasteiger partial charge is 0.325 e. The molecule has 1 aromatic heterocycles. The predicted molar refractivity (Wildman–Crippen MR) is 55.0 cm³/mol. The molecule has 1 heterocycles. The third-order valence-corrected chi connectivity index (χ3v) is 2.09. The normalized spacial score (nSPS) is 9.80. The van der Waals surface area contributed by atoms with Gasteiger partial charge in [-0.05, 0) is 0 Å². The van der Waals surface area contributed by atoms with Gasteiger partial charge in [0.25, 0.3) is 5.56 Å². The minimum Gasteiger partial charge on any atom is -0.468 e. The van der Waals surface area contributed by atoms with Crippen molar-refractivity contribution in [2.75, 3.05) is 19.0 Å². The lowest BCUT2D eigenvalue weighted by Crippen LogP contribution is -2.23. The van der Waals surface area contributed by atoms with Crippen LogP contribution in [-0.4, -0.2) is 29.4 Å². The van der Waals surface area contributed by atoms with E-state index in [1.807, 2.05) is 0 Å². The Labute approximate surface area is 90.8 Å². The maximum Gasteiger partial charge on any atom is 0.325 e. The number of ether oxygens (including phenoxy) is 1. The molecule has 0 unspecified atom stereocenters. The topological polar surface area (TPSA) is 73.2 Å². The lowest BCUT2D eigenvalue weighted by Gasteiger charge is -2.06. The average Bonchev–Trinajstić information content (AvgIpc) is 2.24. The molecule has 0 radical (unpaired) electrons. The third kappa shape index (κ3) is 2.69. The van der Waals surface area contributed by atoms with Crippen LogP contribution in [0.15, 0.2) is 11.0 Å². The van der Waals surface area contributed by atoms with E-state index in [9.17, 15) is 9.59 Å². The molecule has 1 rings (SSSR count). The average molecular weight is 232 g/mol. The highest BCUT2D eigenvalue weighted by molar-refractivity contribution is 6.32. The SMILES string of the molecule is COC(=O)CNc1cnn(C)c(=O)c1Cl. The number of aromatic nitrogens is 2. The third-order valence-electron chi connectivity index (χ3n) is 1.73. The number of methoxy groups -OCH3 is 1. The Hall–Kier alpha value is -1.56. The van der Waals surface area contributed by atoms with E-state index in [1.165, 1.54) is 20.4 Å². The first-order valence-electron chi connectivity index (χ1n) is 4.08. The zero-order valence-corrected chi connectivity index (χ0v) is 9.04. The molecule has 15 heavy (non-hydrogen) atoms. The monoisotopic (exact) mass is 231 g/mol. The van der Waals surface area contributed by atoms with Crippen LogP contribution in [0.3, 0.4) is 0 Å². The van der Waals surface area contributed by atoms with Gasteiger partial charge in [0.1, 0.15) is 11.6 Å². The molecule has 0 fully saturated rings. The number of halogens is 1. The fourth-order valence-electron chi connectivity index (χ4n) is 0.874. The quantitative estimate of drug-likeness (QED) is 0.743. The van der Waals surface area contributed by atoms with Crippen molar-refractivity contribution in [2.24, 2.45) is 7.05 Å². The number of rotatable bonds is 3. The van der Waals surface area contributed by atoms with E-state index in [1.54, 1.807) is 0 Å². The van der Waals surface area contributed by atoms with E-state index in [2.05, 4.69) is 15.2 Å². The second-order valence-electron chi connectivity index (χ2n) is 2.73. The molecule has 0 aliphatic rings. The van der Waals surface area contributed by atoms with Crippen molar-refractivity contribution in [3.8, 4) is 0 Å². The summed E-state index contributed by atoms with van der Waals surface area (Å²) in [4.78, 5) is 22.1. The zero-order valence-electron chi connectivity index (χ0n) is 8.28. The molecule has 0 aliphatic heterocycles. The summed E-state index contributed by atoms with van der Waals surface area (Å²) in [7, 11) is 2.76. The van der Waals surface area contributed by atoms with Crippen molar-refractivity contribution in [1.82, 2.24) is 9.78 Å². The van der Waals surface area contributed by atoms with Crippen LogP contribution in [-0.2, 0) is 16.6 Å². The van der Waals surface area contributed by atoms with Crippen LogP contribution in [0.1, 0.15) is 0 Å². The number of nitrogens with one attached hydrogen (secondary N) is 1. The van der Waals surface area contributed by atoms with Crippen LogP contribution < -0.4 is 10.9 Å². The summed E-state index contributed by atoms with van der Waals surface area (Å²) in [6.45, 7) is -0.0644. The highest BCUT2D eigenvalue weighted by Crippen LogP contribution is 2.14. The molecule has 1 N–H and O–H groups in total. The summed E-state index contributed by atoms with van der Waals surface area (Å²) in [5.41, 5.74) is -0.114. The second-order valence-corrected chi connectivity index (χ2v) is 3.11. The van der Waals surface area contributed by atoms with Crippen molar-refractivity contribution in [1.29, 1.82) is 0 Å². The van der Waals surface area contributed by atoms with Crippen LogP contribution in [0.4, 0.5) is 5.69 Å². The van der Waals surface area contributed by atoms with Crippen molar-refractivity contribution in [3.05, 3.63) is 21.6 Å². The Kier molecular flexibility index (Phi) is 3.68. The summed E-state index contributed by atoms with van der Waals surface area (Å²) in [6.07, 6.45) is 1.37. The first kappa shape index (κ1) is 11.5. The lowest BCUT2D eigenvalue weighted by molar-refractivity contribution is -0.138. The number of esters is 1. The number of carbonyl (C=O) groups excluding carboxylic acids is 1. The number of aryl methyl sites for hydroxylation is 1. The van der Waals surface area contributed by atoms with Gasteiger partial charge in [-0.2, -0.15) is 5.10 Å². The first-order valence-corrected chi connectivity index (χ1v) is 4.46. The van der Waals surface area contributed by atoms with Gasteiger partial charge in [-0.3, -0.25) is 9.59 Å². The molecule has 0 atom stereocenters.